The number of halogens is 6. The lowest BCUT2D eigenvalue weighted by atomic mass is 10.0. The summed E-state index contributed by atoms with van der Waals surface area (Å²) in [4.78, 5) is 9.24. The number of aromatic nitrogens is 3. The largest absolute Gasteiger partial charge is 0.496 e. The Balaban J connectivity index is 1.98. The molecule has 11 heteroatoms. The Morgan fingerprint density at radius 1 is 0.857 bits per heavy atom. The molecule has 0 unspecified atom stereocenters. The molecule has 182 valence electrons. The molecule has 0 saturated heterocycles. The van der Waals surface area contributed by atoms with Gasteiger partial charge in [0.15, 0.2) is 0 Å². The lowest BCUT2D eigenvalue weighted by molar-refractivity contribution is -0.885. The summed E-state index contributed by atoms with van der Waals surface area (Å²) in [6.45, 7) is 0. The minimum absolute atomic E-state index is 0.0200. The molecule has 0 spiro atoms. The molecule has 35 heavy (non-hydrogen) atoms. The fourth-order valence-corrected chi connectivity index (χ4v) is 3.67. The van der Waals surface area contributed by atoms with Crippen molar-refractivity contribution in [1.82, 2.24) is 9.55 Å². The quantitative estimate of drug-likeness (QED) is 0.268. The third kappa shape index (κ3) is 4.79. The topological polar surface area (TPSA) is 40.2 Å². The fourth-order valence-electron chi connectivity index (χ4n) is 3.67. The summed E-state index contributed by atoms with van der Waals surface area (Å²) in [6, 6.07) is 10.2. The number of ether oxygens (including phenoxy) is 1. The Kier molecular flexibility index (Phi) is 6.18. The molecule has 2 aromatic carbocycles. The van der Waals surface area contributed by atoms with Crippen LogP contribution < -0.4 is 14.3 Å². The number of benzene rings is 2. The molecule has 0 aliphatic rings. The second-order valence-electron chi connectivity index (χ2n) is 7.43. The monoisotopic (exact) mass is 494 g/mol. The number of pyridine rings is 1. The molecule has 0 fully saturated rings. The van der Waals surface area contributed by atoms with Crippen molar-refractivity contribution in [3.8, 4) is 33.8 Å². The van der Waals surface area contributed by atoms with Gasteiger partial charge in [-0.15, -0.1) is 0 Å². The van der Waals surface area contributed by atoms with Crippen molar-refractivity contribution in [3.05, 3.63) is 84.6 Å². The van der Waals surface area contributed by atoms with Gasteiger partial charge in [-0.1, -0.05) is 18.2 Å². The van der Waals surface area contributed by atoms with Gasteiger partial charge in [-0.2, -0.15) is 26.3 Å². The molecule has 0 saturated carbocycles. The first-order valence-corrected chi connectivity index (χ1v) is 10.1. The van der Waals surface area contributed by atoms with Crippen molar-refractivity contribution in [2.45, 2.75) is 12.4 Å². The Hall–Kier alpha value is -4.02. The van der Waals surface area contributed by atoms with E-state index in [1.54, 1.807) is 36.5 Å². The summed E-state index contributed by atoms with van der Waals surface area (Å²) >= 11 is 0. The van der Waals surface area contributed by atoms with E-state index in [-0.39, 0.29) is 17.3 Å². The van der Waals surface area contributed by atoms with Crippen molar-refractivity contribution in [2.75, 3.05) is 14.2 Å². The Labute approximate surface area is 195 Å². The first-order valence-electron chi connectivity index (χ1n) is 10.1. The van der Waals surface area contributed by atoms with Gasteiger partial charge in [0.05, 0.1) is 36.5 Å². The number of hydrogen-bond donors (Lipinski definition) is 0. The van der Waals surface area contributed by atoms with Crippen LogP contribution in [-0.4, -0.2) is 23.8 Å². The number of hydrogen-bond acceptors (Lipinski definition) is 3. The molecule has 0 aliphatic heterocycles. The summed E-state index contributed by atoms with van der Waals surface area (Å²) < 4.78 is 88.8. The van der Waals surface area contributed by atoms with Crippen molar-refractivity contribution in [3.63, 3.8) is 0 Å². The maximum Gasteiger partial charge on any atom is 0.416 e. The predicted octanol–water partition coefficient (Wildman–Crippen LogP) is 5.60. The molecule has 0 N–H and O–H groups in total. The Morgan fingerprint density at radius 3 is 2.11 bits per heavy atom. The molecule has 2 aromatic heterocycles. The molecule has 0 bridgehead atoms. The number of imidazole rings is 1. The summed E-state index contributed by atoms with van der Waals surface area (Å²) in [5.41, 5.74) is -1.50. The van der Waals surface area contributed by atoms with E-state index < -0.39 is 23.5 Å². The highest BCUT2D eigenvalue weighted by molar-refractivity contribution is 5.78. The fraction of sp³-hybridized carbons (Fsp3) is 0.167. The smallest absolute Gasteiger partial charge is 0.416 e. The van der Waals surface area contributed by atoms with Crippen LogP contribution in [-0.2, 0) is 12.4 Å². The van der Waals surface area contributed by atoms with E-state index in [9.17, 15) is 26.3 Å². The maximum atomic E-state index is 13.4. The molecular weight excluding hydrogens is 476 g/mol. The van der Waals surface area contributed by atoms with Gasteiger partial charge in [0.25, 0.3) is 0 Å². The predicted molar refractivity (Wildman–Crippen MR) is 114 cm³/mol. The number of para-hydroxylation sites is 1. The third-order valence-electron chi connectivity index (χ3n) is 5.30. The second kappa shape index (κ2) is 8.97. The minimum Gasteiger partial charge on any atom is -0.496 e. The molecule has 0 atom stereocenters. The zero-order chi connectivity index (χ0) is 25.4. The molecule has 2 heterocycles. The third-order valence-corrected chi connectivity index (χ3v) is 5.30. The van der Waals surface area contributed by atoms with E-state index >= 15 is 0 Å². The summed E-state index contributed by atoms with van der Waals surface area (Å²) in [6.07, 6.45) is -4.31. The van der Waals surface area contributed by atoms with Gasteiger partial charge in [0, 0.05) is 27.5 Å². The van der Waals surface area contributed by atoms with Crippen LogP contribution in [0, 0.1) is 0 Å². The van der Waals surface area contributed by atoms with Gasteiger partial charge in [-0.3, -0.25) is 9.40 Å². The van der Waals surface area contributed by atoms with E-state index in [0.717, 1.165) is 0 Å². The lowest BCUT2D eigenvalue weighted by Crippen LogP contribution is -2.40. The Bertz CT molecular complexity index is 1330. The van der Waals surface area contributed by atoms with Gasteiger partial charge in [-0.25, -0.2) is 4.98 Å². The van der Waals surface area contributed by atoms with Crippen LogP contribution in [0.15, 0.2) is 73.4 Å². The molecule has 0 radical (unpaired) electrons. The first kappa shape index (κ1) is 24.1. The van der Waals surface area contributed by atoms with Crippen LogP contribution in [0.3, 0.4) is 0 Å². The summed E-state index contributed by atoms with van der Waals surface area (Å²) in [5, 5.41) is 0. The summed E-state index contributed by atoms with van der Waals surface area (Å²) in [5.74, 6) is 0.518. The number of nitrogens with zero attached hydrogens (tertiary/aromatic N) is 3. The highest BCUT2D eigenvalue weighted by Gasteiger charge is 2.37. The van der Waals surface area contributed by atoms with E-state index in [4.69, 9.17) is 9.57 Å². The van der Waals surface area contributed by atoms with Crippen LogP contribution in [0.4, 0.5) is 26.3 Å². The Morgan fingerprint density at radius 2 is 1.51 bits per heavy atom. The molecule has 0 amide bonds. The first-order chi connectivity index (χ1) is 16.5. The van der Waals surface area contributed by atoms with Gasteiger partial charge in [-0.05, 0) is 24.3 Å². The zero-order valence-corrected chi connectivity index (χ0v) is 18.4. The summed E-state index contributed by atoms with van der Waals surface area (Å²) in [7, 11) is 2.89. The molecule has 4 aromatic rings. The van der Waals surface area contributed by atoms with Crippen molar-refractivity contribution >= 4 is 0 Å². The van der Waals surface area contributed by atoms with Crippen LogP contribution in [0.1, 0.15) is 11.1 Å². The maximum absolute atomic E-state index is 13.4. The highest BCUT2D eigenvalue weighted by atomic mass is 19.4. The van der Waals surface area contributed by atoms with Gasteiger partial charge >= 0.3 is 12.4 Å². The number of methoxy groups -OCH3 is 1. The SMILES string of the molecule is COc1ccccc1-c1cc[n+](OC)cc1-n1cncc1-c1cc(C(F)(F)F)cc(C(F)(F)F)c1. The van der Waals surface area contributed by atoms with E-state index in [0.29, 0.717) is 34.7 Å². The highest BCUT2D eigenvalue weighted by Crippen LogP contribution is 2.40. The standard InChI is InChI=1S/C24H18F6N3O2/c1-34-22-6-4-3-5-19(22)18-7-8-32(35-2)13-21(18)33-14-31-12-20(33)15-9-16(23(25,26)27)11-17(10-15)24(28,29)30/h3-14H,1-2H3/q+1. The molecule has 0 aliphatic carbocycles. The van der Waals surface area contributed by atoms with Crippen molar-refractivity contribution in [2.24, 2.45) is 0 Å². The van der Waals surface area contributed by atoms with Crippen LogP contribution in [0.5, 0.6) is 5.75 Å². The minimum atomic E-state index is -4.98. The molecular formula is C24H18F6N3O2+. The van der Waals surface area contributed by atoms with E-state index in [1.807, 2.05) is 0 Å². The zero-order valence-electron chi connectivity index (χ0n) is 18.4. The second-order valence-corrected chi connectivity index (χ2v) is 7.43. The van der Waals surface area contributed by atoms with Crippen LogP contribution >= 0.6 is 0 Å². The number of alkyl halides is 6. The molecule has 4 rings (SSSR count). The molecule has 5 nitrogen and oxygen atoms in total. The van der Waals surface area contributed by atoms with Gasteiger partial charge < -0.3 is 4.74 Å². The van der Waals surface area contributed by atoms with E-state index in [1.165, 1.54) is 42.2 Å². The van der Waals surface area contributed by atoms with Crippen LogP contribution in [0.2, 0.25) is 0 Å². The van der Waals surface area contributed by atoms with Gasteiger partial charge in [0.2, 0.25) is 12.4 Å². The van der Waals surface area contributed by atoms with Gasteiger partial charge in [0.1, 0.15) is 18.5 Å². The van der Waals surface area contributed by atoms with Crippen LogP contribution in [0.25, 0.3) is 28.1 Å². The average Bonchev–Trinajstić information content (AvgIpc) is 3.32. The average molecular weight is 494 g/mol. The lowest BCUT2D eigenvalue weighted by Gasteiger charge is -2.16. The van der Waals surface area contributed by atoms with Crippen molar-refractivity contribution in [1.29, 1.82) is 0 Å². The van der Waals surface area contributed by atoms with Crippen molar-refractivity contribution < 1.29 is 40.6 Å². The normalized spacial score (nSPS) is 12.0. The van der Waals surface area contributed by atoms with E-state index in [2.05, 4.69) is 4.98 Å². The number of rotatable bonds is 5.